The number of rotatable bonds is 3. The molecule has 3 rings (SSSR count). The van der Waals surface area contributed by atoms with Gasteiger partial charge >= 0.3 is 0 Å². The molecule has 0 spiro atoms. The normalized spacial score (nSPS) is 15.3. The Kier molecular flexibility index (Phi) is 4.32. The van der Waals surface area contributed by atoms with Crippen LogP contribution in [-0.4, -0.2) is 32.6 Å². The number of nitro benzene ring substituents is 1. The maximum atomic E-state index is 12.6. The van der Waals surface area contributed by atoms with E-state index in [9.17, 15) is 24.8 Å². The first kappa shape index (κ1) is 17.0. The van der Waals surface area contributed by atoms with Crippen molar-refractivity contribution in [3.63, 3.8) is 0 Å². The quantitative estimate of drug-likeness (QED) is 0.395. The number of hydrogen-bond donors (Lipinski definition) is 1. The van der Waals surface area contributed by atoms with E-state index in [1.807, 2.05) is 0 Å². The number of carbonyl (C=O) groups excluding carboxylic acids is 2. The number of para-hydroxylation sites is 1. The SMILES string of the molecule is CC1=NN(C(=O)c2ccccc2O)C(=O)/C1=C\c1cccc([N+](=O)[O-])c1. The summed E-state index contributed by atoms with van der Waals surface area (Å²) in [6.07, 6.45) is 1.44. The van der Waals surface area contributed by atoms with E-state index in [0.717, 1.165) is 0 Å². The van der Waals surface area contributed by atoms with Gasteiger partial charge in [0, 0.05) is 12.1 Å². The lowest BCUT2D eigenvalue weighted by Crippen LogP contribution is -2.29. The van der Waals surface area contributed by atoms with Crippen molar-refractivity contribution in [3.05, 3.63) is 75.3 Å². The lowest BCUT2D eigenvalue weighted by atomic mass is 10.1. The van der Waals surface area contributed by atoms with Crippen molar-refractivity contribution in [2.45, 2.75) is 6.92 Å². The van der Waals surface area contributed by atoms with Gasteiger partial charge in [0.15, 0.2) is 0 Å². The Morgan fingerprint density at radius 3 is 2.65 bits per heavy atom. The van der Waals surface area contributed by atoms with Crippen molar-refractivity contribution in [1.82, 2.24) is 5.01 Å². The summed E-state index contributed by atoms with van der Waals surface area (Å²) in [7, 11) is 0. The van der Waals surface area contributed by atoms with E-state index in [2.05, 4.69) is 5.10 Å². The van der Waals surface area contributed by atoms with Gasteiger partial charge in [-0.05, 0) is 30.7 Å². The Morgan fingerprint density at radius 2 is 1.96 bits per heavy atom. The molecule has 2 aromatic carbocycles. The van der Waals surface area contributed by atoms with Gasteiger partial charge < -0.3 is 5.11 Å². The molecule has 1 N–H and O–H groups in total. The highest BCUT2D eigenvalue weighted by Crippen LogP contribution is 2.25. The minimum Gasteiger partial charge on any atom is -0.507 e. The number of aromatic hydroxyl groups is 1. The Balaban J connectivity index is 1.93. The maximum Gasteiger partial charge on any atom is 0.285 e. The molecule has 0 atom stereocenters. The van der Waals surface area contributed by atoms with Gasteiger partial charge in [-0.2, -0.15) is 10.1 Å². The van der Waals surface area contributed by atoms with Crippen molar-refractivity contribution < 1.29 is 19.6 Å². The van der Waals surface area contributed by atoms with Crippen LogP contribution in [0.3, 0.4) is 0 Å². The van der Waals surface area contributed by atoms with Gasteiger partial charge in [-0.15, -0.1) is 0 Å². The minimum absolute atomic E-state index is 0.0472. The van der Waals surface area contributed by atoms with Crippen LogP contribution in [0.1, 0.15) is 22.8 Å². The predicted octanol–water partition coefficient (Wildman–Crippen LogP) is 2.74. The number of hydrazone groups is 1. The Bertz CT molecular complexity index is 994. The topological polar surface area (TPSA) is 113 Å². The number of phenols is 1. The van der Waals surface area contributed by atoms with E-state index >= 15 is 0 Å². The fourth-order valence-corrected chi connectivity index (χ4v) is 2.49. The molecule has 0 radical (unpaired) electrons. The number of hydrogen-bond acceptors (Lipinski definition) is 6. The minimum atomic E-state index is -0.755. The third-order valence-corrected chi connectivity index (χ3v) is 3.78. The highest BCUT2D eigenvalue weighted by Gasteiger charge is 2.33. The first-order valence-corrected chi connectivity index (χ1v) is 7.57. The second-order valence-electron chi connectivity index (χ2n) is 5.53. The lowest BCUT2D eigenvalue weighted by molar-refractivity contribution is -0.384. The van der Waals surface area contributed by atoms with Crippen LogP contribution in [0.25, 0.3) is 6.08 Å². The molecule has 8 heteroatoms. The molecule has 1 aliphatic rings. The molecule has 8 nitrogen and oxygen atoms in total. The first-order valence-electron chi connectivity index (χ1n) is 7.57. The summed E-state index contributed by atoms with van der Waals surface area (Å²) >= 11 is 0. The zero-order valence-electron chi connectivity index (χ0n) is 13.6. The molecule has 0 fully saturated rings. The Labute approximate surface area is 147 Å². The molecule has 0 saturated carbocycles. The molecule has 1 aliphatic heterocycles. The van der Waals surface area contributed by atoms with Crippen LogP contribution < -0.4 is 0 Å². The summed E-state index contributed by atoms with van der Waals surface area (Å²) < 4.78 is 0. The molecule has 0 bridgehead atoms. The molecule has 0 saturated heterocycles. The number of non-ortho nitro benzene ring substituents is 1. The van der Waals surface area contributed by atoms with E-state index < -0.39 is 16.7 Å². The van der Waals surface area contributed by atoms with Gasteiger partial charge in [0.1, 0.15) is 5.75 Å². The first-order chi connectivity index (χ1) is 12.4. The van der Waals surface area contributed by atoms with Crippen molar-refractivity contribution in [2.75, 3.05) is 0 Å². The van der Waals surface area contributed by atoms with E-state index in [-0.39, 0.29) is 22.6 Å². The number of amides is 2. The second-order valence-corrected chi connectivity index (χ2v) is 5.53. The van der Waals surface area contributed by atoms with Crippen LogP contribution in [0, 0.1) is 10.1 Å². The second kappa shape index (κ2) is 6.60. The van der Waals surface area contributed by atoms with Crippen molar-refractivity contribution in [2.24, 2.45) is 5.10 Å². The third-order valence-electron chi connectivity index (χ3n) is 3.78. The summed E-state index contributed by atoms with van der Waals surface area (Å²) in [4.78, 5) is 35.4. The molecule has 130 valence electrons. The summed E-state index contributed by atoms with van der Waals surface area (Å²) in [6.45, 7) is 1.55. The average molecular weight is 351 g/mol. The molecule has 0 unspecified atom stereocenters. The van der Waals surface area contributed by atoms with Crippen LogP contribution in [-0.2, 0) is 4.79 Å². The number of nitrogens with zero attached hydrogens (tertiary/aromatic N) is 3. The third kappa shape index (κ3) is 3.07. The smallest absolute Gasteiger partial charge is 0.285 e. The molecule has 0 aromatic heterocycles. The largest absolute Gasteiger partial charge is 0.507 e. The van der Waals surface area contributed by atoms with Crippen LogP contribution in [0.2, 0.25) is 0 Å². The van der Waals surface area contributed by atoms with Crippen molar-refractivity contribution in [3.8, 4) is 5.75 Å². The summed E-state index contributed by atoms with van der Waals surface area (Å²) in [5.41, 5.74) is 0.726. The highest BCUT2D eigenvalue weighted by atomic mass is 16.6. The molecular formula is C18H13N3O5. The van der Waals surface area contributed by atoms with Crippen molar-refractivity contribution >= 4 is 29.3 Å². The van der Waals surface area contributed by atoms with Gasteiger partial charge in [-0.3, -0.25) is 19.7 Å². The zero-order valence-corrected chi connectivity index (χ0v) is 13.6. The molecule has 26 heavy (non-hydrogen) atoms. The number of benzene rings is 2. The lowest BCUT2D eigenvalue weighted by Gasteiger charge is -2.10. The predicted molar refractivity (Wildman–Crippen MR) is 93.5 cm³/mol. The van der Waals surface area contributed by atoms with Gasteiger partial charge in [-0.25, -0.2) is 0 Å². The summed E-state index contributed by atoms with van der Waals surface area (Å²) in [5.74, 6) is -1.67. The Hall–Kier alpha value is -3.81. The van der Waals surface area contributed by atoms with Gasteiger partial charge in [0.2, 0.25) is 0 Å². The van der Waals surface area contributed by atoms with Crippen LogP contribution in [0.5, 0.6) is 5.75 Å². The number of phenolic OH excluding ortho intramolecular Hbond substituents is 1. The van der Waals surface area contributed by atoms with Gasteiger partial charge in [-0.1, -0.05) is 24.3 Å². The van der Waals surface area contributed by atoms with E-state index in [4.69, 9.17) is 0 Å². The Morgan fingerprint density at radius 1 is 1.23 bits per heavy atom. The zero-order chi connectivity index (χ0) is 18.8. The van der Waals surface area contributed by atoms with E-state index in [0.29, 0.717) is 16.3 Å². The number of imide groups is 1. The monoisotopic (exact) mass is 351 g/mol. The number of carbonyl (C=O) groups is 2. The molecule has 0 aliphatic carbocycles. The van der Waals surface area contributed by atoms with Crippen LogP contribution in [0.15, 0.2) is 59.2 Å². The molecule has 1 heterocycles. The van der Waals surface area contributed by atoms with Crippen LogP contribution >= 0.6 is 0 Å². The fraction of sp³-hybridized carbons (Fsp3) is 0.0556. The standard InChI is InChI=1S/C18H13N3O5/c1-11-15(10-12-5-4-6-13(9-12)21(25)26)18(24)20(19-11)17(23)14-7-2-3-8-16(14)22/h2-10,22H,1H3/b15-10-. The summed E-state index contributed by atoms with van der Waals surface area (Å²) in [5, 5.41) is 25.3. The van der Waals surface area contributed by atoms with Crippen molar-refractivity contribution in [1.29, 1.82) is 0 Å². The molecule has 2 amide bonds. The molecule has 2 aromatic rings. The summed E-state index contributed by atoms with van der Waals surface area (Å²) in [6, 6.07) is 11.6. The molecular weight excluding hydrogens is 338 g/mol. The number of nitro groups is 1. The fourth-order valence-electron chi connectivity index (χ4n) is 2.49. The average Bonchev–Trinajstić information content (AvgIpc) is 2.90. The maximum absolute atomic E-state index is 12.6. The van der Waals surface area contributed by atoms with Gasteiger partial charge in [0.25, 0.3) is 17.5 Å². The highest BCUT2D eigenvalue weighted by molar-refractivity contribution is 6.30. The van der Waals surface area contributed by atoms with Gasteiger partial charge in [0.05, 0.1) is 21.8 Å². The van der Waals surface area contributed by atoms with Crippen LogP contribution in [0.4, 0.5) is 5.69 Å². The van der Waals surface area contributed by atoms with E-state index in [1.165, 1.54) is 36.4 Å². The van der Waals surface area contributed by atoms with E-state index in [1.54, 1.807) is 25.1 Å².